The molecule has 7 heteroatoms. The first-order valence-corrected chi connectivity index (χ1v) is 11.9. The molecule has 2 aliphatic rings. The lowest BCUT2D eigenvalue weighted by atomic mass is 9.95. The second-order valence-corrected chi connectivity index (χ2v) is 9.02. The van der Waals surface area contributed by atoms with E-state index in [4.69, 9.17) is 4.74 Å². The highest BCUT2D eigenvalue weighted by Crippen LogP contribution is 2.34. The van der Waals surface area contributed by atoms with Crippen LogP contribution in [0.5, 0.6) is 11.5 Å². The Labute approximate surface area is 188 Å². The van der Waals surface area contributed by atoms with Crippen molar-refractivity contribution in [2.24, 2.45) is 0 Å². The molecule has 0 saturated heterocycles. The Bertz CT molecular complexity index is 1070. The molecule has 5 rings (SSSR count). The zero-order valence-electron chi connectivity index (χ0n) is 18.4. The number of aromatic amines is 1. The van der Waals surface area contributed by atoms with E-state index in [-0.39, 0.29) is 11.9 Å². The van der Waals surface area contributed by atoms with E-state index in [9.17, 15) is 4.79 Å². The predicted octanol–water partition coefficient (Wildman–Crippen LogP) is 5.56. The van der Waals surface area contributed by atoms with Crippen LogP contribution in [0.4, 0.5) is 5.82 Å². The first-order valence-electron chi connectivity index (χ1n) is 11.9. The van der Waals surface area contributed by atoms with Crippen LogP contribution in [0.1, 0.15) is 74.6 Å². The molecule has 2 heterocycles. The van der Waals surface area contributed by atoms with Crippen molar-refractivity contribution in [3.05, 3.63) is 42.1 Å². The number of hydrogen-bond acceptors (Lipinski definition) is 5. The van der Waals surface area contributed by atoms with Crippen LogP contribution in [0.3, 0.4) is 0 Å². The summed E-state index contributed by atoms with van der Waals surface area (Å²) in [4.78, 5) is 17.2. The number of ether oxygens (including phenoxy) is 1. The smallest absolute Gasteiger partial charge is 0.251 e. The van der Waals surface area contributed by atoms with Crippen LogP contribution < -0.4 is 15.4 Å². The van der Waals surface area contributed by atoms with Gasteiger partial charge in [0.05, 0.1) is 0 Å². The molecule has 0 bridgehead atoms. The zero-order chi connectivity index (χ0) is 21.8. The van der Waals surface area contributed by atoms with Gasteiger partial charge in [0.1, 0.15) is 16.9 Å². The second kappa shape index (κ2) is 9.59. The summed E-state index contributed by atoms with van der Waals surface area (Å²) in [6.45, 7) is 0. The fraction of sp³-hybridized carbons (Fsp3) is 0.480. The number of nitrogens with zero attached hydrogens (tertiary/aromatic N) is 2. The van der Waals surface area contributed by atoms with Crippen molar-refractivity contribution in [1.82, 2.24) is 20.5 Å². The molecule has 0 unspecified atom stereocenters. The lowest BCUT2D eigenvalue weighted by Crippen LogP contribution is -2.36. The minimum atomic E-state index is -0.0369. The molecule has 1 amide bonds. The Morgan fingerprint density at radius 2 is 1.72 bits per heavy atom. The van der Waals surface area contributed by atoms with Crippen molar-refractivity contribution in [3.8, 4) is 11.5 Å². The highest BCUT2D eigenvalue weighted by molar-refractivity contribution is 5.95. The van der Waals surface area contributed by atoms with Gasteiger partial charge < -0.3 is 15.4 Å². The van der Waals surface area contributed by atoms with Crippen molar-refractivity contribution in [3.63, 3.8) is 0 Å². The minimum Gasteiger partial charge on any atom is -0.456 e. The highest BCUT2D eigenvalue weighted by atomic mass is 16.5. The Balaban J connectivity index is 1.34. The molecular weight excluding hydrogens is 402 g/mol. The van der Waals surface area contributed by atoms with Gasteiger partial charge in [-0.25, -0.2) is 4.98 Å². The van der Waals surface area contributed by atoms with Gasteiger partial charge in [0.2, 0.25) is 0 Å². The summed E-state index contributed by atoms with van der Waals surface area (Å²) in [5, 5.41) is 15.1. The van der Waals surface area contributed by atoms with Crippen LogP contribution in [0.15, 0.2) is 36.5 Å². The molecule has 0 radical (unpaired) electrons. The molecule has 32 heavy (non-hydrogen) atoms. The SMILES string of the molecule is O=C(NC1CCCCC1)c1cccc(Oc2ccnc3[nH]nc(NC4CCCCC4)c23)c1. The van der Waals surface area contributed by atoms with E-state index in [0.717, 1.165) is 36.9 Å². The summed E-state index contributed by atoms with van der Waals surface area (Å²) in [5.74, 6) is 2.04. The molecule has 0 atom stereocenters. The Morgan fingerprint density at radius 1 is 0.969 bits per heavy atom. The van der Waals surface area contributed by atoms with Crippen LogP contribution >= 0.6 is 0 Å². The van der Waals surface area contributed by atoms with E-state index in [0.29, 0.717) is 28.8 Å². The van der Waals surface area contributed by atoms with Crippen molar-refractivity contribution in [1.29, 1.82) is 0 Å². The van der Waals surface area contributed by atoms with Crippen molar-refractivity contribution in [2.45, 2.75) is 76.3 Å². The number of benzene rings is 1. The number of anilines is 1. The number of fused-ring (bicyclic) bond motifs is 1. The van der Waals surface area contributed by atoms with Crippen molar-refractivity contribution in [2.75, 3.05) is 5.32 Å². The molecule has 2 saturated carbocycles. The van der Waals surface area contributed by atoms with E-state index >= 15 is 0 Å². The number of amides is 1. The number of pyridine rings is 1. The first kappa shape index (κ1) is 20.8. The molecule has 2 aromatic heterocycles. The van der Waals surface area contributed by atoms with Gasteiger partial charge in [-0.1, -0.05) is 44.6 Å². The van der Waals surface area contributed by atoms with E-state index in [1.807, 2.05) is 24.3 Å². The molecule has 3 aromatic rings. The standard InChI is InChI=1S/C25H31N5O2/c31-25(28-19-11-5-2-6-12-19)17-8-7-13-20(16-17)32-21-14-15-26-23-22(21)24(30-29-23)27-18-9-3-1-4-10-18/h7-8,13-16,18-19H,1-6,9-12H2,(H,28,31)(H2,26,27,29,30). The summed E-state index contributed by atoms with van der Waals surface area (Å²) in [5.41, 5.74) is 1.30. The summed E-state index contributed by atoms with van der Waals surface area (Å²) < 4.78 is 6.24. The Hall–Kier alpha value is -3.09. The van der Waals surface area contributed by atoms with Gasteiger partial charge in [0.15, 0.2) is 11.5 Å². The molecular formula is C25H31N5O2. The summed E-state index contributed by atoms with van der Waals surface area (Å²) in [7, 11) is 0. The lowest BCUT2D eigenvalue weighted by Gasteiger charge is -2.23. The number of carbonyl (C=O) groups is 1. The van der Waals surface area contributed by atoms with Gasteiger partial charge in [-0.05, 0) is 43.9 Å². The number of H-pyrrole nitrogens is 1. The average Bonchev–Trinajstić information content (AvgIpc) is 3.24. The van der Waals surface area contributed by atoms with Gasteiger partial charge in [0.25, 0.3) is 5.91 Å². The fourth-order valence-corrected chi connectivity index (χ4v) is 4.90. The monoisotopic (exact) mass is 433 g/mol. The van der Waals surface area contributed by atoms with Gasteiger partial charge in [-0.2, -0.15) is 5.10 Å². The average molecular weight is 434 g/mol. The van der Waals surface area contributed by atoms with Crippen molar-refractivity contribution >= 4 is 22.8 Å². The topological polar surface area (TPSA) is 91.9 Å². The lowest BCUT2D eigenvalue weighted by molar-refractivity contribution is 0.0927. The fourth-order valence-electron chi connectivity index (χ4n) is 4.90. The summed E-state index contributed by atoms with van der Waals surface area (Å²) >= 11 is 0. The Kier molecular flexibility index (Phi) is 6.23. The first-order chi connectivity index (χ1) is 15.8. The van der Waals surface area contributed by atoms with Crippen LogP contribution in [0.2, 0.25) is 0 Å². The molecule has 3 N–H and O–H groups in total. The van der Waals surface area contributed by atoms with Gasteiger partial charge >= 0.3 is 0 Å². The van der Waals surface area contributed by atoms with Crippen LogP contribution in [-0.4, -0.2) is 33.2 Å². The van der Waals surface area contributed by atoms with Crippen LogP contribution in [0.25, 0.3) is 11.0 Å². The zero-order valence-corrected chi connectivity index (χ0v) is 18.4. The second-order valence-electron chi connectivity index (χ2n) is 9.02. The molecule has 1 aromatic carbocycles. The predicted molar refractivity (Wildman–Crippen MR) is 125 cm³/mol. The third-order valence-corrected chi connectivity index (χ3v) is 6.63. The van der Waals surface area contributed by atoms with Gasteiger partial charge in [-0.3, -0.25) is 9.89 Å². The molecule has 168 valence electrons. The number of nitrogens with one attached hydrogen (secondary N) is 3. The highest BCUT2D eigenvalue weighted by Gasteiger charge is 2.20. The van der Waals surface area contributed by atoms with Crippen LogP contribution in [0, 0.1) is 0 Å². The van der Waals surface area contributed by atoms with Gasteiger partial charge in [0, 0.05) is 29.9 Å². The van der Waals surface area contributed by atoms with Crippen molar-refractivity contribution < 1.29 is 9.53 Å². The maximum atomic E-state index is 12.8. The number of carbonyl (C=O) groups excluding carboxylic acids is 1. The number of aromatic nitrogens is 3. The maximum Gasteiger partial charge on any atom is 0.251 e. The number of rotatable bonds is 6. The molecule has 2 fully saturated rings. The van der Waals surface area contributed by atoms with E-state index < -0.39 is 0 Å². The quantitative estimate of drug-likeness (QED) is 0.473. The third-order valence-electron chi connectivity index (χ3n) is 6.63. The van der Waals surface area contributed by atoms with Crippen LogP contribution in [-0.2, 0) is 0 Å². The molecule has 7 nitrogen and oxygen atoms in total. The summed E-state index contributed by atoms with van der Waals surface area (Å²) in [6, 6.07) is 9.92. The molecule has 2 aliphatic carbocycles. The Morgan fingerprint density at radius 3 is 2.50 bits per heavy atom. The maximum absolute atomic E-state index is 12.8. The van der Waals surface area contributed by atoms with E-state index in [2.05, 4.69) is 25.8 Å². The normalized spacial score (nSPS) is 17.9. The summed E-state index contributed by atoms with van der Waals surface area (Å²) in [6.07, 6.45) is 13.6. The van der Waals surface area contributed by atoms with E-state index in [1.54, 1.807) is 12.3 Å². The molecule has 0 aliphatic heterocycles. The van der Waals surface area contributed by atoms with E-state index in [1.165, 1.54) is 38.5 Å². The third kappa shape index (κ3) is 4.71. The largest absolute Gasteiger partial charge is 0.456 e. The van der Waals surface area contributed by atoms with Gasteiger partial charge in [-0.15, -0.1) is 0 Å². The molecule has 0 spiro atoms. The number of hydrogen-bond donors (Lipinski definition) is 3. The minimum absolute atomic E-state index is 0.0369.